The van der Waals surface area contributed by atoms with E-state index in [0.29, 0.717) is 6.42 Å². The Morgan fingerprint density at radius 3 is 2.63 bits per heavy atom. The molecule has 0 radical (unpaired) electrons. The van der Waals surface area contributed by atoms with Gasteiger partial charge < -0.3 is 25.6 Å². The molecule has 2 rings (SSSR count). The summed E-state index contributed by atoms with van der Waals surface area (Å²) in [7, 11) is 1.33. The Labute approximate surface area is 180 Å². The molecular weight excluding hydrogens is 408 g/mol. The van der Waals surface area contributed by atoms with E-state index in [1.807, 2.05) is 38.1 Å². The van der Waals surface area contributed by atoms with Crippen molar-refractivity contribution in [1.29, 1.82) is 0 Å². The molecule has 8 nitrogen and oxygen atoms in total. The summed E-state index contributed by atoms with van der Waals surface area (Å²) < 4.78 is 4.87. The number of ether oxygens (including phenoxy) is 1. The summed E-state index contributed by atoms with van der Waals surface area (Å²) in [6, 6.07) is 6.78. The summed E-state index contributed by atoms with van der Waals surface area (Å²) in [6.07, 6.45) is -0.529. The topological polar surface area (TPSA) is 130 Å². The number of benzene rings is 1. The van der Waals surface area contributed by atoms with E-state index in [9.17, 15) is 19.5 Å². The van der Waals surface area contributed by atoms with Gasteiger partial charge in [-0.15, -0.1) is 11.8 Å². The number of rotatable bonds is 9. The van der Waals surface area contributed by atoms with Crippen molar-refractivity contribution in [2.24, 2.45) is 11.1 Å². The number of nitrogens with zero attached hydrogens (tertiary/aromatic N) is 1. The summed E-state index contributed by atoms with van der Waals surface area (Å²) in [5.74, 6) is -1.51. The highest BCUT2D eigenvalue weighted by atomic mass is 32.2. The molecule has 0 saturated carbocycles. The second kappa shape index (κ2) is 10.3. The molecule has 1 aromatic carbocycles. The number of nitrogens with two attached hydrogens (primary N) is 1. The number of aliphatic hydroxyl groups excluding tert-OH is 1. The Kier molecular flexibility index (Phi) is 8.28. The Morgan fingerprint density at radius 1 is 1.33 bits per heavy atom. The quantitative estimate of drug-likeness (QED) is 0.499. The van der Waals surface area contributed by atoms with Crippen LogP contribution in [0.25, 0.3) is 0 Å². The van der Waals surface area contributed by atoms with Crippen molar-refractivity contribution in [3.8, 4) is 0 Å². The van der Waals surface area contributed by atoms with Crippen LogP contribution in [0.4, 0.5) is 5.69 Å². The van der Waals surface area contributed by atoms with Gasteiger partial charge in [0.05, 0.1) is 18.9 Å². The van der Waals surface area contributed by atoms with Crippen molar-refractivity contribution < 1.29 is 29.3 Å². The van der Waals surface area contributed by atoms with Crippen LogP contribution < -0.4 is 10.6 Å². The van der Waals surface area contributed by atoms with E-state index in [0.717, 1.165) is 10.6 Å². The molecule has 4 N–H and O–H groups in total. The van der Waals surface area contributed by atoms with Gasteiger partial charge in [0.1, 0.15) is 5.25 Å². The van der Waals surface area contributed by atoms with Crippen molar-refractivity contribution in [2.45, 2.75) is 61.8 Å². The molecule has 0 aromatic heterocycles. The zero-order chi connectivity index (χ0) is 22.5. The van der Waals surface area contributed by atoms with Gasteiger partial charge in [-0.1, -0.05) is 26.0 Å². The molecule has 1 aliphatic rings. The normalized spacial score (nSPS) is 18.3. The zero-order valence-corrected chi connectivity index (χ0v) is 18.4. The number of aliphatic hydroxyl groups is 1. The van der Waals surface area contributed by atoms with Crippen LogP contribution in [-0.4, -0.2) is 59.1 Å². The number of amides is 1. The third kappa shape index (κ3) is 6.45. The minimum absolute atomic E-state index is 0.0675. The van der Waals surface area contributed by atoms with Crippen molar-refractivity contribution in [2.75, 3.05) is 18.6 Å². The molecule has 2 unspecified atom stereocenters. The van der Waals surface area contributed by atoms with Crippen LogP contribution in [0.2, 0.25) is 0 Å². The first kappa shape index (κ1) is 24.2. The van der Waals surface area contributed by atoms with E-state index in [-0.39, 0.29) is 37.7 Å². The molecule has 1 amide bonds. The third-order valence-electron chi connectivity index (χ3n) is 5.11. The molecular formula is C21H30N2O6S. The Bertz CT molecular complexity index is 785. The molecule has 0 spiro atoms. The lowest BCUT2D eigenvalue weighted by atomic mass is 9.80. The molecule has 0 aliphatic carbocycles. The van der Waals surface area contributed by atoms with E-state index in [4.69, 9.17) is 15.6 Å². The summed E-state index contributed by atoms with van der Waals surface area (Å²) in [4.78, 5) is 38.4. The van der Waals surface area contributed by atoms with Crippen molar-refractivity contribution >= 4 is 35.3 Å². The number of carboxylic acid groups (broad SMARTS) is 1. The van der Waals surface area contributed by atoms with E-state index in [1.165, 1.54) is 18.9 Å². The number of anilines is 1. The van der Waals surface area contributed by atoms with Gasteiger partial charge in [-0.2, -0.15) is 0 Å². The number of hydrogen-bond donors (Lipinski definition) is 3. The fourth-order valence-electron chi connectivity index (χ4n) is 3.56. The SMILES string of the molecule is COC(=O)[C@@H]1CN(C(=O)CC(C)(C)CC(N)C(O)CCC(=O)O)c2ccccc2S1. The first-order chi connectivity index (χ1) is 14.0. The van der Waals surface area contributed by atoms with Crippen molar-refractivity contribution in [3.05, 3.63) is 24.3 Å². The first-order valence-corrected chi connectivity index (χ1v) is 10.7. The highest BCUT2D eigenvalue weighted by Crippen LogP contribution is 2.40. The number of carboxylic acids is 1. The van der Waals surface area contributed by atoms with Crippen LogP contribution in [0.3, 0.4) is 0 Å². The molecule has 1 aromatic rings. The molecule has 1 heterocycles. The Morgan fingerprint density at radius 2 is 2.00 bits per heavy atom. The molecule has 9 heteroatoms. The number of carbonyl (C=O) groups is 3. The molecule has 0 bridgehead atoms. The summed E-state index contributed by atoms with van der Waals surface area (Å²) in [6.45, 7) is 3.99. The lowest BCUT2D eigenvalue weighted by molar-refractivity contribution is -0.140. The molecule has 30 heavy (non-hydrogen) atoms. The largest absolute Gasteiger partial charge is 0.481 e. The number of methoxy groups -OCH3 is 1. The van der Waals surface area contributed by atoms with Crippen molar-refractivity contribution in [1.82, 2.24) is 0 Å². The van der Waals surface area contributed by atoms with Crippen LogP contribution in [0, 0.1) is 5.41 Å². The maximum Gasteiger partial charge on any atom is 0.321 e. The molecule has 3 atom stereocenters. The third-order valence-corrected chi connectivity index (χ3v) is 6.33. The molecule has 166 valence electrons. The van der Waals surface area contributed by atoms with E-state index in [1.54, 1.807) is 4.90 Å². The summed E-state index contributed by atoms with van der Waals surface area (Å²) in [5.41, 5.74) is 6.30. The van der Waals surface area contributed by atoms with Gasteiger partial charge >= 0.3 is 11.9 Å². The average Bonchev–Trinajstić information content (AvgIpc) is 2.69. The predicted molar refractivity (Wildman–Crippen MR) is 114 cm³/mol. The highest BCUT2D eigenvalue weighted by molar-refractivity contribution is 8.00. The highest BCUT2D eigenvalue weighted by Gasteiger charge is 2.36. The maximum atomic E-state index is 13.2. The minimum atomic E-state index is -0.988. The Hall–Kier alpha value is -2.10. The molecule has 0 saturated heterocycles. The number of fused-ring (bicyclic) bond motifs is 1. The van der Waals surface area contributed by atoms with Crippen LogP contribution in [0.15, 0.2) is 29.2 Å². The van der Waals surface area contributed by atoms with Gasteiger partial charge in [0, 0.05) is 30.3 Å². The fraction of sp³-hybridized carbons (Fsp3) is 0.571. The van der Waals surface area contributed by atoms with E-state index < -0.39 is 28.8 Å². The maximum absolute atomic E-state index is 13.2. The van der Waals surface area contributed by atoms with Gasteiger partial charge in [0.2, 0.25) is 5.91 Å². The second-order valence-electron chi connectivity index (χ2n) is 8.31. The fourth-order valence-corrected chi connectivity index (χ4v) is 4.74. The van der Waals surface area contributed by atoms with Gasteiger partial charge in [0.25, 0.3) is 0 Å². The average molecular weight is 439 g/mol. The van der Waals surface area contributed by atoms with Gasteiger partial charge in [-0.25, -0.2) is 0 Å². The number of para-hydroxylation sites is 1. The predicted octanol–water partition coefficient (Wildman–Crippen LogP) is 2.03. The Balaban J connectivity index is 2.09. The van der Waals surface area contributed by atoms with Crippen molar-refractivity contribution in [3.63, 3.8) is 0 Å². The van der Waals surface area contributed by atoms with Gasteiger partial charge in [-0.05, 0) is 30.4 Å². The van der Waals surface area contributed by atoms with E-state index in [2.05, 4.69) is 0 Å². The smallest absolute Gasteiger partial charge is 0.321 e. The number of esters is 1. The van der Waals surface area contributed by atoms with Crippen LogP contribution in [-0.2, 0) is 19.1 Å². The standard InChI is InChI=1S/C21H30N2O6S/c1-21(2,10-13(22)15(24)8-9-19(26)27)11-18(25)23-12-17(20(28)29-3)30-16-7-5-4-6-14(16)23/h4-7,13,15,17,24H,8-12,22H2,1-3H3,(H,26,27)/t13?,15?,17-/m0/s1. The van der Waals surface area contributed by atoms with Gasteiger partial charge in [0.15, 0.2) is 0 Å². The van der Waals surface area contributed by atoms with E-state index >= 15 is 0 Å². The summed E-state index contributed by atoms with van der Waals surface area (Å²) >= 11 is 1.38. The number of thioether (sulfide) groups is 1. The minimum Gasteiger partial charge on any atom is -0.481 e. The number of carbonyl (C=O) groups excluding carboxylic acids is 2. The molecule has 1 aliphatic heterocycles. The second-order valence-corrected chi connectivity index (χ2v) is 9.56. The van der Waals surface area contributed by atoms with Crippen LogP contribution in [0.5, 0.6) is 0 Å². The lowest BCUT2D eigenvalue weighted by Gasteiger charge is -2.36. The summed E-state index contributed by atoms with van der Waals surface area (Å²) in [5, 5.41) is 18.4. The van der Waals surface area contributed by atoms with Crippen LogP contribution >= 0.6 is 11.8 Å². The van der Waals surface area contributed by atoms with Crippen LogP contribution in [0.1, 0.15) is 39.5 Å². The number of hydrogen-bond acceptors (Lipinski definition) is 7. The van der Waals surface area contributed by atoms with Gasteiger partial charge in [-0.3, -0.25) is 14.4 Å². The lowest BCUT2D eigenvalue weighted by Crippen LogP contribution is -2.45. The first-order valence-electron chi connectivity index (χ1n) is 9.83. The number of aliphatic carboxylic acids is 1. The zero-order valence-electron chi connectivity index (χ0n) is 17.5. The monoisotopic (exact) mass is 438 g/mol. The molecule has 0 fully saturated rings.